The largest absolute Gasteiger partial charge is 0.393 e. The van der Waals surface area contributed by atoms with E-state index in [0.717, 1.165) is 0 Å². The Morgan fingerprint density at radius 1 is 1.33 bits per heavy atom. The number of nitrogens with one attached hydrogen (secondary N) is 1. The second-order valence-electron chi connectivity index (χ2n) is 5.96. The number of nitrogens with zero attached hydrogens (tertiary/aromatic N) is 1. The van der Waals surface area contributed by atoms with Gasteiger partial charge >= 0.3 is 0 Å². The third-order valence-electron chi connectivity index (χ3n) is 2.65. The average molecular weight is 273 g/mol. The quantitative estimate of drug-likeness (QED) is 0.723. The summed E-state index contributed by atoms with van der Waals surface area (Å²) in [6.45, 7) is 12.7. The maximum Gasteiger partial charge on any atom is 0.237 e. The van der Waals surface area contributed by atoms with E-state index in [1.54, 1.807) is 0 Å². The maximum atomic E-state index is 12.1. The summed E-state index contributed by atoms with van der Waals surface area (Å²) < 4.78 is 0. The molecule has 0 spiro atoms. The van der Waals surface area contributed by atoms with Gasteiger partial charge in [0.15, 0.2) is 0 Å². The Morgan fingerprint density at radius 2 is 1.83 bits per heavy atom. The molecule has 1 unspecified atom stereocenters. The van der Waals surface area contributed by atoms with Crippen molar-refractivity contribution in [2.24, 2.45) is 5.73 Å². The first-order valence-electron chi connectivity index (χ1n) is 6.40. The fourth-order valence-electron chi connectivity index (χ4n) is 1.76. The summed E-state index contributed by atoms with van der Waals surface area (Å²) in [5.74, 6) is 0.0409. The minimum Gasteiger partial charge on any atom is -0.393 e. The first-order valence-corrected chi connectivity index (χ1v) is 6.81. The number of amides is 1. The van der Waals surface area contributed by atoms with Gasteiger partial charge in [0.1, 0.15) is 0 Å². The first-order chi connectivity index (χ1) is 8.04. The standard InChI is InChI=1S/C13H27N3OS/c1-9(2)16(8-7-11(14)18)10(3)12(17)15-13(4,5)6/h9-10H,7-8H2,1-6H3,(H2,14,18)(H,15,17). The third kappa shape index (κ3) is 6.91. The smallest absolute Gasteiger partial charge is 0.237 e. The van der Waals surface area contributed by atoms with Gasteiger partial charge in [-0.2, -0.15) is 0 Å². The molecule has 1 amide bonds. The highest BCUT2D eigenvalue weighted by Crippen LogP contribution is 2.09. The van der Waals surface area contributed by atoms with E-state index in [2.05, 4.69) is 24.1 Å². The lowest BCUT2D eigenvalue weighted by atomic mass is 10.1. The number of hydrogen-bond acceptors (Lipinski definition) is 3. The van der Waals surface area contributed by atoms with Gasteiger partial charge in [-0.15, -0.1) is 0 Å². The van der Waals surface area contributed by atoms with Crippen molar-refractivity contribution in [2.75, 3.05) is 6.54 Å². The van der Waals surface area contributed by atoms with Crippen molar-refractivity contribution in [3.63, 3.8) is 0 Å². The van der Waals surface area contributed by atoms with Crippen LogP contribution in [0.15, 0.2) is 0 Å². The lowest BCUT2D eigenvalue weighted by Gasteiger charge is -2.33. The van der Waals surface area contributed by atoms with E-state index in [1.807, 2.05) is 27.7 Å². The molecule has 0 radical (unpaired) electrons. The zero-order valence-electron chi connectivity index (χ0n) is 12.4. The van der Waals surface area contributed by atoms with Crippen LogP contribution in [0.1, 0.15) is 48.0 Å². The molecule has 0 bridgehead atoms. The van der Waals surface area contributed by atoms with Gasteiger partial charge in [-0.3, -0.25) is 9.69 Å². The minimum atomic E-state index is -0.211. The van der Waals surface area contributed by atoms with Crippen molar-refractivity contribution in [3.05, 3.63) is 0 Å². The van der Waals surface area contributed by atoms with E-state index in [4.69, 9.17) is 18.0 Å². The van der Waals surface area contributed by atoms with Crippen LogP contribution in [-0.2, 0) is 4.79 Å². The van der Waals surface area contributed by atoms with Crippen LogP contribution in [0.2, 0.25) is 0 Å². The number of rotatable bonds is 6. The zero-order valence-corrected chi connectivity index (χ0v) is 13.2. The molecule has 106 valence electrons. The fourth-order valence-corrected chi connectivity index (χ4v) is 1.85. The molecule has 3 N–H and O–H groups in total. The van der Waals surface area contributed by atoms with Crippen LogP contribution in [0, 0.1) is 0 Å². The van der Waals surface area contributed by atoms with Crippen LogP contribution in [0.4, 0.5) is 0 Å². The molecule has 0 aliphatic carbocycles. The number of carbonyl (C=O) groups excluding carboxylic acids is 1. The molecular formula is C13H27N3OS. The SMILES string of the molecule is CC(C)N(CCC(N)=S)C(C)C(=O)NC(C)(C)C. The lowest BCUT2D eigenvalue weighted by molar-refractivity contribution is -0.128. The van der Waals surface area contributed by atoms with Crippen LogP contribution >= 0.6 is 12.2 Å². The molecule has 0 aromatic carbocycles. The molecule has 5 heteroatoms. The van der Waals surface area contributed by atoms with Crippen LogP contribution < -0.4 is 11.1 Å². The van der Waals surface area contributed by atoms with Gasteiger partial charge in [-0.25, -0.2) is 0 Å². The molecule has 0 heterocycles. The molecule has 18 heavy (non-hydrogen) atoms. The van der Waals surface area contributed by atoms with E-state index in [-0.39, 0.29) is 23.5 Å². The molecule has 0 saturated carbocycles. The predicted octanol–water partition coefficient (Wildman–Crippen LogP) is 1.68. The van der Waals surface area contributed by atoms with Gasteiger partial charge in [0.25, 0.3) is 0 Å². The topological polar surface area (TPSA) is 58.4 Å². The molecule has 0 aromatic heterocycles. The molecule has 1 atom stereocenters. The fraction of sp³-hybridized carbons (Fsp3) is 0.846. The molecule has 0 aliphatic heterocycles. The van der Waals surface area contributed by atoms with Crippen molar-refractivity contribution in [2.45, 2.75) is 65.6 Å². The van der Waals surface area contributed by atoms with Gasteiger partial charge in [0, 0.05) is 24.5 Å². The van der Waals surface area contributed by atoms with Gasteiger partial charge in [0.05, 0.1) is 11.0 Å². The van der Waals surface area contributed by atoms with E-state index < -0.39 is 0 Å². The van der Waals surface area contributed by atoms with Crippen LogP contribution in [0.5, 0.6) is 0 Å². The zero-order chi connectivity index (χ0) is 14.5. The van der Waals surface area contributed by atoms with Crippen LogP contribution in [0.25, 0.3) is 0 Å². The highest BCUT2D eigenvalue weighted by atomic mass is 32.1. The van der Waals surface area contributed by atoms with Crippen LogP contribution in [-0.4, -0.2) is 40.0 Å². The van der Waals surface area contributed by atoms with Crippen LogP contribution in [0.3, 0.4) is 0 Å². The summed E-state index contributed by atoms with van der Waals surface area (Å²) in [6, 6.07) is 0.0960. The summed E-state index contributed by atoms with van der Waals surface area (Å²) >= 11 is 4.89. The Bertz CT molecular complexity index is 297. The van der Waals surface area contributed by atoms with Gasteiger partial charge in [0.2, 0.25) is 5.91 Å². The predicted molar refractivity (Wildman–Crippen MR) is 80.6 cm³/mol. The maximum absolute atomic E-state index is 12.1. The summed E-state index contributed by atoms with van der Waals surface area (Å²) in [5, 5.41) is 3.00. The normalized spacial score (nSPS) is 13.8. The Labute approximate surface area is 116 Å². The molecule has 0 saturated heterocycles. The number of nitrogens with two attached hydrogens (primary N) is 1. The first kappa shape index (κ1) is 17.3. The molecular weight excluding hydrogens is 246 g/mol. The van der Waals surface area contributed by atoms with Crippen molar-refractivity contribution in [3.8, 4) is 0 Å². The van der Waals surface area contributed by atoms with Crippen molar-refractivity contribution >= 4 is 23.1 Å². The second-order valence-corrected chi connectivity index (χ2v) is 6.49. The molecule has 4 nitrogen and oxygen atoms in total. The monoisotopic (exact) mass is 273 g/mol. The van der Waals surface area contributed by atoms with E-state index in [0.29, 0.717) is 18.0 Å². The highest BCUT2D eigenvalue weighted by Gasteiger charge is 2.26. The van der Waals surface area contributed by atoms with E-state index in [9.17, 15) is 4.79 Å². The molecule has 0 aromatic rings. The number of carbonyl (C=O) groups is 1. The molecule has 0 rings (SSSR count). The Kier molecular flexibility index (Phi) is 6.78. The summed E-state index contributed by atoms with van der Waals surface area (Å²) in [4.78, 5) is 14.7. The Hall–Kier alpha value is -0.680. The van der Waals surface area contributed by atoms with E-state index in [1.165, 1.54) is 0 Å². The molecule has 0 fully saturated rings. The number of thiocarbonyl (C=S) groups is 1. The second kappa shape index (κ2) is 7.04. The van der Waals surface area contributed by atoms with Gasteiger partial charge in [-0.1, -0.05) is 12.2 Å². The summed E-state index contributed by atoms with van der Waals surface area (Å²) in [7, 11) is 0. The van der Waals surface area contributed by atoms with E-state index >= 15 is 0 Å². The summed E-state index contributed by atoms with van der Waals surface area (Å²) in [6.07, 6.45) is 0.640. The number of hydrogen-bond donors (Lipinski definition) is 2. The van der Waals surface area contributed by atoms with Gasteiger partial charge < -0.3 is 11.1 Å². The van der Waals surface area contributed by atoms with Crippen molar-refractivity contribution < 1.29 is 4.79 Å². The third-order valence-corrected chi connectivity index (χ3v) is 2.86. The average Bonchev–Trinajstić information content (AvgIpc) is 2.13. The lowest BCUT2D eigenvalue weighted by Crippen LogP contribution is -2.53. The summed E-state index contributed by atoms with van der Waals surface area (Å²) in [5.41, 5.74) is 5.31. The van der Waals surface area contributed by atoms with Gasteiger partial charge in [-0.05, 0) is 41.5 Å². The Balaban J connectivity index is 4.60. The Morgan fingerprint density at radius 3 is 2.17 bits per heavy atom. The highest BCUT2D eigenvalue weighted by molar-refractivity contribution is 7.80. The minimum absolute atomic E-state index is 0.0409. The molecule has 0 aliphatic rings. The van der Waals surface area contributed by atoms with Crippen molar-refractivity contribution in [1.29, 1.82) is 0 Å². The van der Waals surface area contributed by atoms with Crippen molar-refractivity contribution in [1.82, 2.24) is 10.2 Å².